The zero-order chi connectivity index (χ0) is 10.9. The van der Waals surface area contributed by atoms with Gasteiger partial charge in [-0.15, -0.1) is 0 Å². The monoisotopic (exact) mass is 205 g/mol. The third-order valence-corrected chi connectivity index (χ3v) is 1.68. The van der Waals surface area contributed by atoms with Gasteiger partial charge in [0.15, 0.2) is 6.29 Å². The number of aromatic nitrogens is 1. The van der Waals surface area contributed by atoms with Crippen LogP contribution in [0.3, 0.4) is 0 Å². The minimum absolute atomic E-state index is 0.0256. The number of carbonyl (C=O) groups excluding carboxylic acids is 2. The molecule has 0 saturated heterocycles. The van der Waals surface area contributed by atoms with Crippen LogP contribution in [-0.2, 0) is 7.05 Å². The molecule has 0 spiro atoms. The lowest BCUT2D eigenvalue weighted by atomic mass is 10.2. The summed E-state index contributed by atoms with van der Waals surface area (Å²) in [5, 5.41) is 0. The van der Waals surface area contributed by atoms with E-state index in [4.69, 9.17) is 0 Å². The molecule has 0 amide bonds. The van der Waals surface area contributed by atoms with Crippen molar-refractivity contribution in [2.24, 2.45) is 7.05 Å². The quantitative estimate of drug-likeness (QED) is 0.543. The number of hydrogen-bond donors (Lipinski definition) is 0. The summed E-state index contributed by atoms with van der Waals surface area (Å²) in [5.41, 5.74) is -0.500. The number of ketones is 1. The number of nitrogens with zero attached hydrogens (tertiary/aromatic N) is 1. The van der Waals surface area contributed by atoms with E-state index < -0.39 is 17.5 Å². The van der Waals surface area contributed by atoms with Gasteiger partial charge in [0.05, 0.1) is 5.69 Å². The Morgan fingerprint density at radius 3 is 2.43 bits per heavy atom. The summed E-state index contributed by atoms with van der Waals surface area (Å²) < 4.78 is 37.0. The van der Waals surface area contributed by atoms with E-state index in [1.54, 1.807) is 0 Å². The molecule has 3 nitrogen and oxygen atoms in total. The van der Waals surface area contributed by atoms with E-state index in [9.17, 15) is 22.8 Å². The van der Waals surface area contributed by atoms with E-state index in [-0.39, 0.29) is 5.69 Å². The van der Waals surface area contributed by atoms with Crippen molar-refractivity contribution in [3.63, 3.8) is 0 Å². The standard InChI is InChI=1S/C8H6F3NO2/c1-12-3-5(2-6(12)4-13)7(14)8(9,10)11/h2-4H,1H3. The highest BCUT2D eigenvalue weighted by Gasteiger charge is 2.39. The molecule has 0 aliphatic carbocycles. The Morgan fingerprint density at radius 1 is 1.50 bits per heavy atom. The Hall–Kier alpha value is -1.59. The molecule has 1 rings (SSSR count). The summed E-state index contributed by atoms with van der Waals surface area (Å²) >= 11 is 0. The molecule has 0 bridgehead atoms. The smallest absolute Gasteiger partial charge is 0.348 e. The van der Waals surface area contributed by atoms with Crippen LogP contribution in [0.2, 0.25) is 0 Å². The van der Waals surface area contributed by atoms with Crippen molar-refractivity contribution >= 4 is 12.1 Å². The lowest BCUT2D eigenvalue weighted by Crippen LogP contribution is -2.22. The third kappa shape index (κ3) is 1.84. The van der Waals surface area contributed by atoms with Crippen LogP contribution >= 0.6 is 0 Å². The third-order valence-electron chi connectivity index (χ3n) is 1.68. The van der Waals surface area contributed by atoms with Gasteiger partial charge in [-0.1, -0.05) is 0 Å². The fraction of sp³-hybridized carbons (Fsp3) is 0.250. The second kappa shape index (κ2) is 3.28. The number of carbonyl (C=O) groups is 2. The molecular weight excluding hydrogens is 199 g/mol. The second-order valence-electron chi connectivity index (χ2n) is 2.71. The van der Waals surface area contributed by atoms with Gasteiger partial charge in [-0.05, 0) is 6.07 Å². The Bertz CT molecular complexity index is 378. The molecule has 1 heterocycles. The molecular formula is C8H6F3NO2. The average Bonchev–Trinajstić information content (AvgIpc) is 2.43. The van der Waals surface area contributed by atoms with Crippen molar-refractivity contribution in [1.82, 2.24) is 4.57 Å². The van der Waals surface area contributed by atoms with Crippen LogP contribution in [0.4, 0.5) is 13.2 Å². The minimum Gasteiger partial charge on any atom is -0.348 e. The first-order valence-electron chi connectivity index (χ1n) is 3.59. The van der Waals surface area contributed by atoms with E-state index in [1.165, 1.54) is 7.05 Å². The first-order valence-corrected chi connectivity index (χ1v) is 3.59. The Balaban J connectivity index is 3.09. The second-order valence-corrected chi connectivity index (χ2v) is 2.71. The Morgan fingerprint density at radius 2 is 2.07 bits per heavy atom. The van der Waals surface area contributed by atoms with Gasteiger partial charge < -0.3 is 4.57 Å². The summed E-state index contributed by atoms with van der Waals surface area (Å²) in [6.45, 7) is 0. The van der Waals surface area contributed by atoms with Crippen LogP contribution in [-0.4, -0.2) is 22.8 Å². The molecule has 0 saturated carbocycles. The first kappa shape index (κ1) is 10.5. The van der Waals surface area contributed by atoms with E-state index in [0.29, 0.717) is 6.29 Å². The van der Waals surface area contributed by atoms with Crippen molar-refractivity contribution in [2.45, 2.75) is 6.18 Å². The molecule has 14 heavy (non-hydrogen) atoms. The lowest BCUT2D eigenvalue weighted by Gasteiger charge is -2.01. The van der Waals surface area contributed by atoms with E-state index in [0.717, 1.165) is 16.8 Å². The first-order chi connectivity index (χ1) is 6.36. The number of aldehydes is 1. The van der Waals surface area contributed by atoms with E-state index in [1.807, 2.05) is 0 Å². The maximum Gasteiger partial charge on any atom is 0.454 e. The molecule has 0 aliphatic heterocycles. The number of hydrogen-bond acceptors (Lipinski definition) is 2. The van der Waals surface area contributed by atoms with Gasteiger partial charge in [0.2, 0.25) is 0 Å². The minimum atomic E-state index is -4.90. The van der Waals surface area contributed by atoms with Crippen LogP contribution < -0.4 is 0 Å². The fourth-order valence-electron chi connectivity index (χ4n) is 0.987. The summed E-state index contributed by atoms with van der Waals surface area (Å²) in [6, 6.07) is 0.906. The zero-order valence-electron chi connectivity index (χ0n) is 7.13. The SMILES string of the molecule is Cn1cc(C(=O)C(F)(F)F)cc1C=O. The van der Waals surface area contributed by atoms with E-state index in [2.05, 4.69) is 0 Å². The molecule has 0 aromatic carbocycles. The predicted molar refractivity (Wildman–Crippen MR) is 41.2 cm³/mol. The predicted octanol–water partition coefficient (Wildman–Crippen LogP) is 1.58. The van der Waals surface area contributed by atoms with Crippen LogP contribution in [0.1, 0.15) is 20.8 Å². The summed E-state index contributed by atoms with van der Waals surface area (Å²) in [6.07, 6.45) is -3.55. The lowest BCUT2D eigenvalue weighted by molar-refractivity contribution is -0.0885. The molecule has 0 N–H and O–H groups in total. The van der Waals surface area contributed by atoms with Crippen LogP contribution in [0, 0.1) is 0 Å². The number of halogens is 3. The van der Waals surface area contributed by atoms with Crippen molar-refractivity contribution in [3.05, 3.63) is 23.5 Å². The highest BCUT2D eigenvalue weighted by atomic mass is 19.4. The summed E-state index contributed by atoms with van der Waals surface area (Å²) in [7, 11) is 1.39. The van der Waals surface area contributed by atoms with Crippen LogP contribution in [0.25, 0.3) is 0 Å². The zero-order valence-corrected chi connectivity index (χ0v) is 7.13. The molecule has 0 fully saturated rings. The van der Waals surface area contributed by atoms with Gasteiger partial charge in [-0.3, -0.25) is 9.59 Å². The van der Waals surface area contributed by atoms with Gasteiger partial charge in [0, 0.05) is 18.8 Å². The van der Waals surface area contributed by atoms with E-state index >= 15 is 0 Å². The summed E-state index contributed by atoms with van der Waals surface area (Å²) in [4.78, 5) is 21.0. The summed E-state index contributed by atoms with van der Waals surface area (Å²) in [5.74, 6) is -1.94. The van der Waals surface area contributed by atoms with Crippen LogP contribution in [0.5, 0.6) is 0 Å². The maximum absolute atomic E-state index is 11.9. The van der Waals surface area contributed by atoms with Gasteiger partial charge in [0.25, 0.3) is 5.78 Å². The fourth-order valence-corrected chi connectivity index (χ4v) is 0.987. The maximum atomic E-state index is 11.9. The molecule has 0 unspecified atom stereocenters. The normalized spacial score (nSPS) is 11.4. The highest BCUT2D eigenvalue weighted by Crippen LogP contribution is 2.22. The molecule has 1 aromatic rings. The number of rotatable bonds is 2. The molecule has 0 aliphatic rings. The number of aryl methyl sites for hydroxylation is 1. The molecule has 0 radical (unpaired) electrons. The number of Topliss-reactive ketones (excluding diaryl/α,β-unsaturated/α-hetero) is 1. The topological polar surface area (TPSA) is 39.1 Å². The Labute approximate surface area is 77.1 Å². The number of alkyl halides is 3. The van der Waals surface area contributed by atoms with Gasteiger partial charge in [-0.2, -0.15) is 13.2 Å². The molecule has 76 valence electrons. The molecule has 0 atom stereocenters. The average molecular weight is 205 g/mol. The van der Waals surface area contributed by atoms with Crippen molar-refractivity contribution < 1.29 is 22.8 Å². The van der Waals surface area contributed by atoms with Crippen LogP contribution in [0.15, 0.2) is 12.3 Å². The van der Waals surface area contributed by atoms with Gasteiger partial charge in [-0.25, -0.2) is 0 Å². The Kier molecular flexibility index (Phi) is 2.46. The van der Waals surface area contributed by atoms with Crippen molar-refractivity contribution in [1.29, 1.82) is 0 Å². The van der Waals surface area contributed by atoms with Crippen molar-refractivity contribution in [3.8, 4) is 0 Å². The van der Waals surface area contributed by atoms with Gasteiger partial charge >= 0.3 is 6.18 Å². The van der Waals surface area contributed by atoms with Crippen molar-refractivity contribution in [2.75, 3.05) is 0 Å². The molecule has 1 aromatic heterocycles. The largest absolute Gasteiger partial charge is 0.454 e. The molecule has 6 heteroatoms. The highest BCUT2D eigenvalue weighted by molar-refractivity contribution is 6.01. The van der Waals surface area contributed by atoms with Gasteiger partial charge in [0.1, 0.15) is 0 Å².